The first-order valence-electron chi connectivity index (χ1n) is 4.77. The lowest BCUT2D eigenvalue weighted by Gasteiger charge is -2.23. The fourth-order valence-corrected chi connectivity index (χ4v) is 1.94. The summed E-state index contributed by atoms with van der Waals surface area (Å²) < 4.78 is 0. The molecule has 0 bridgehead atoms. The van der Waals surface area contributed by atoms with Crippen LogP contribution in [0.4, 0.5) is 0 Å². The van der Waals surface area contributed by atoms with Crippen molar-refractivity contribution in [3.05, 3.63) is 0 Å². The lowest BCUT2D eigenvalue weighted by Crippen LogP contribution is -2.37. The Labute approximate surface area is 70.0 Å². The maximum atomic E-state index is 3.26. The molecule has 0 aromatic heterocycles. The monoisotopic (exact) mass is 156 g/mol. The largest absolute Gasteiger partial charge is 0.318 e. The second-order valence-electron chi connectivity index (χ2n) is 3.39. The third-order valence-corrected chi connectivity index (χ3v) is 2.45. The van der Waals surface area contributed by atoms with Crippen molar-refractivity contribution in [3.8, 4) is 0 Å². The van der Waals surface area contributed by atoms with Gasteiger partial charge in [0.2, 0.25) is 0 Å². The Morgan fingerprint density at radius 2 is 2.36 bits per heavy atom. The number of nitrogens with zero attached hydrogens (tertiary/aromatic N) is 1. The molecule has 1 saturated heterocycles. The van der Waals surface area contributed by atoms with Crippen LogP contribution in [0.1, 0.15) is 26.2 Å². The van der Waals surface area contributed by atoms with E-state index < -0.39 is 0 Å². The first-order valence-corrected chi connectivity index (χ1v) is 4.77. The van der Waals surface area contributed by atoms with Crippen molar-refractivity contribution in [3.63, 3.8) is 0 Å². The molecule has 0 aromatic carbocycles. The number of likely N-dealkylation sites (N-methyl/N-ethyl adjacent to an activating group) is 1. The molecule has 0 aromatic rings. The molecule has 0 amide bonds. The van der Waals surface area contributed by atoms with Crippen LogP contribution >= 0.6 is 0 Å². The van der Waals surface area contributed by atoms with Crippen LogP contribution in [0.15, 0.2) is 0 Å². The highest BCUT2D eigenvalue weighted by atomic mass is 15.2. The fourth-order valence-electron chi connectivity index (χ4n) is 1.94. The van der Waals surface area contributed by atoms with E-state index in [1.165, 1.54) is 38.9 Å². The summed E-state index contributed by atoms with van der Waals surface area (Å²) in [5.74, 6) is 0. The molecule has 0 spiro atoms. The highest BCUT2D eigenvalue weighted by Gasteiger charge is 2.22. The summed E-state index contributed by atoms with van der Waals surface area (Å²) in [5.41, 5.74) is 0. The average molecular weight is 156 g/mol. The second kappa shape index (κ2) is 4.73. The summed E-state index contributed by atoms with van der Waals surface area (Å²) in [5, 5.41) is 3.26. The molecule has 1 fully saturated rings. The normalized spacial score (nSPS) is 26.2. The minimum absolute atomic E-state index is 0.819. The number of likely N-dealkylation sites (tertiary alicyclic amines) is 1. The lowest BCUT2D eigenvalue weighted by atomic mass is 10.2. The highest BCUT2D eigenvalue weighted by molar-refractivity contribution is 4.79. The molecule has 1 unspecified atom stereocenters. The van der Waals surface area contributed by atoms with E-state index in [0.29, 0.717) is 0 Å². The number of rotatable bonds is 4. The molecule has 66 valence electrons. The smallest absolute Gasteiger partial charge is 0.0220 e. The van der Waals surface area contributed by atoms with Crippen molar-refractivity contribution in [2.45, 2.75) is 32.2 Å². The van der Waals surface area contributed by atoms with Gasteiger partial charge in [-0.3, -0.25) is 4.90 Å². The van der Waals surface area contributed by atoms with Crippen molar-refractivity contribution in [1.29, 1.82) is 0 Å². The third-order valence-electron chi connectivity index (χ3n) is 2.45. The highest BCUT2D eigenvalue weighted by Crippen LogP contribution is 2.16. The lowest BCUT2D eigenvalue weighted by molar-refractivity contribution is 0.251. The molecular formula is C9H20N2. The van der Waals surface area contributed by atoms with Crippen molar-refractivity contribution in [2.75, 3.05) is 26.7 Å². The topological polar surface area (TPSA) is 15.3 Å². The Kier molecular flexibility index (Phi) is 3.87. The van der Waals surface area contributed by atoms with E-state index in [1.54, 1.807) is 0 Å². The number of nitrogens with one attached hydrogen (secondary N) is 1. The standard InChI is InChI=1S/C9H20N2/c1-3-6-11-7-4-5-9(11)8-10-2/h9-10H,3-8H2,1-2H3. The van der Waals surface area contributed by atoms with Crippen molar-refractivity contribution < 1.29 is 0 Å². The Bertz CT molecular complexity index is 91.7. The first kappa shape index (κ1) is 9.01. The molecule has 2 nitrogen and oxygen atoms in total. The van der Waals surface area contributed by atoms with Gasteiger partial charge in [0.25, 0.3) is 0 Å². The molecule has 0 aliphatic carbocycles. The molecular weight excluding hydrogens is 136 g/mol. The van der Waals surface area contributed by atoms with E-state index in [2.05, 4.69) is 17.1 Å². The van der Waals surface area contributed by atoms with Gasteiger partial charge in [-0.25, -0.2) is 0 Å². The molecule has 2 heteroatoms. The van der Waals surface area contributed by atoms with Gasteiger partial charge >= 0.3 is 0 Å². The Morgan fingerprint density at radius 1 is 1.55 bits per heavy atom. The van der Waals surface area contributed by atoms with Crippen molar-refractivity contribution >= 4 is 0 Å². The zero-order valence-corrected chi connectivity index (χ0v) is 7.77. The van der Waals surface area contributed by atoms with Gasteiger partial charge in [0.05, 0.1) is 0 Å². The van der Waals surface area contributed by atoms with Crippen LogP contribution in [0, 0.1) is 0 Å². The fraction of sp³-hybridized carbons (Fsp3) is 1.00. The predicted octanol–water partition coefficient (Wildman–Crippen LogP) is 1.08. The van der Waals surface area contributed by atoms with Crippen molar-refractivity contribution in [2.24, 2.45) is 0 Å². The van der Waals surface area contributed by atoms with Crippen LogP contribution in [-0.2, 0) is 0 Å². The van der Waals surface area contributed by atoms with E-state index in [0.717, 1.165) is 6.04 Å². The van der Waals surface area contributed by atoms with E-state index in [4.69, 9.17) is 0 Å². The summed E-state index contributed by atoms with van der Waals surface area (Å²) in [4.78, 5) is 2.61. The molecule has 0 saturated carbocycles. The van der Waals surface area contributed by atoms with Crippen LogP contribution in [-0.4, -0.2) is 37.6 Å². The van der Waals surface area contributed by atoms with E-state index >= 15 is 0 Å². The second-order valence-corrected chi connectivity index (χ2v) is 3.39. The summed E-state index contributed by atoms with van der Waals surface area (Å²) >= 11 is 0. The molecule has 1 N–H and O–H groups in total. The summed E-state index contributed by atoms with van der Waals surface area (Å²) in [6.45, 7) is 6.03. The molecule has 0 radical (unpaired) electrons. The Hall–Kier alpha value is -0.0800. The van der Waals surface area contributed by atoms with Crippen LogP contribution < -0.4 is 5.32 Å². The summed E-state index contributed by atoms with van der Waals surface area (Å²) in [7, 11) is 2.04. The van der Waals surface area contributed by atoms with Crippen LogP contribution in [0.5, 0.6) is 0 Å². The van der Waals surface area contributed by atoms with Gasteiger partial charge in [-0.05, 0) is 39.4 Å². The minimum atomic E-state index is 0.819. The van der Waals surface area contributed by atoms with Gasteiger partial charge in [-0.1, -0.05) is 6.92 Å². The van der Waals surface area contributed by atoms with Gasteiger partial charge in [0.1, 0.15) is 0 Å². The van der Waals surface area contributed by atoms with E-state index in [9.17, 15) is 0 Å². The molecule has 1 heterocycles. The molecule has 11 heavy (non-hydrogen) atoms. The maximum absolute atomic E-state index is 3.26. The van der Waals surface area contributed by atoms with Crippen molar-refractivity contribution in [1.82, 2.24) is 10.2 Å². The predicted molar refractivity (Wildman–Crippen MR) is 48.8 cm³/mol. The molecule has 1 rings (SSSR count). The maximum Gasteiger partial charge on any atom is 0.0220 e. The van der Waals surface area contributed by atoms with E-state index in [1.807, 2.05) is 7.05 Å². The summed E-state index contributed by atoms with van der Waals surface area (Å²) in [6, 6.07) is 0.819. The third kappa shape index (κ3) is 2.46. The van der Waals surface area contributed by atoms with Gasteiger partial charge in [0.15, 0.2) is 0 Å². The zero-order chi connectivity index (χ0) is 8.10. The molecule has 1 aliphatic heterocycles. The minimum Gasteiger partial charge on any atom is -0.318 e. The van der Waals surface area contributed by atoms with Crippen LogP contribution in [0.3, 0.4) is 0 Å². The Balaban J connectivity index is 2.25. The SMILES string of the molecule is CCCN1CCCC1CNC. The van der Waals surface area contributed by atoms with Gasteiger partial charge in [0, 0.05) is 12.6 Å². The van der Waals surface area contributed by atoms with Gasteiger partial charge < -0.3 is 5.32 Å². The quantitative estimate of drug-likeness (QED) is 0.655. The number of hydrogen-bond donors (Lipinski definition) is 1. The van der Waals surface area contributed by atoms with Crippen LogP contribution in [0.2, 0.25) is 0 Å². The Morgan fingerprint density at radius 3 is 3.00 bits per heavy atom. The molecule has 1 aliphatic rings. The number of hydrogen-bond acceptors (Lipinski definition) is 2. The van der Waals surface area contributed by atoms with E-state index in [-0.39, 0.29) is 0 Å². The molecule has 1 atom stereocenters. The van der Waals surface area contributed by atoms with Gasteiger partial charge in [-0.15, -0.1) is 0 Å². The van der Waals surface area contributed by atoms with Crippen LogP contribution in [0.25, 0.3) is 0 Å². The first-order chi connectivity index (χ1) is 5.38. The van der Waals surface area contributed by atoms with Gasteiger partial charge in [-0.2, -0.15) is 0 Å². The summed E-state index contributed by atoms with van der Waals surface area (Å²) in [6.07, 6.45) is 4.08. The zero-order valence-electron chi connectivity index (χ0n) is 7.77. The average Bonchev–Trinajstić information content (AvgIpc) is 2.39.